The van der Waals surface area contributed by atoms with Crippen molar-refractivity contribution in [1.82, 2.24) is 15.3 Å². The van der Waals surface area contributed by atoms with Crippen LogP contribution in [-0.4, -0.2) is 20.8 Å². The number of aromatic amines is 1. The first-order valence-electron chi connectivity index (χ1n) is 7.42. The van der Waals surface area contributed by atoms with Crippen molar-refractivity contribution in [3.8, 4) is 0 Å². The van der Waals surface area contributed by atoms with Gasteiger partial charge in [-0.3, -0.25) is 14.9 Å². The van der Waals surface area contributed by atoms with Crippen LogP contribution in [0.1, 0.15) is 27.3 Å². The molecule has 0 bridgehead atoms. The van der Waals surface area contributed by atoms with E-state index in [0.29, 0.717) is 22.4 Å². The van der Waals surface area contributed by atoms with E-state index in [1.807, 2.05) is 26.0 Å². The number of nitrogens with one attached hydrogen (secondary N) is 2. The van der Waals surface area contributed by atoms with Gasteiger partial charge in [0.1, 0.15) is 5.82 Å². The molecule has 0 fully saturated rings. The Morgan fingerprint density at radius 2 is 2.00 bits per heavy atom. The Labute approximate surface area is 137 Å². The van der Waals surface area contributed by atoms with Gasteiger partial charge in [-0.15, -0.1) is 0 Å². The molecule has 0 atom stereocenters. The van der Waals surface area contributed by atoms with Crippen LogP contribution in [0.4, 0.5) is 5.69 Å². The predicted octanol–water partition coefficient (Wildman–Crippen LogP) is 3.02. The molecule has 2 N–H and O–H groups in total. The molecule has 0 unspecified atom stereocenters. The Balaban J connectivity index is 1.74. The summed E-state index contributed by atoms with van der Waals surface area (Å²) in [6, 6.07) is 9.94. The number of imidazole rings is 1. The van der Waals surface area contributed by atoms with Gasteiger partial charge in [0.25, 0.3) is 11.6 Å². The Hall–Kier alpha value is -3.22. The van der Waals surface area contributed by atoms with E-state index in [2.05, 4.69) is 15.3 Å². The van der Waals surface area contributed by atoms with Crippen LogP contribution in [0.3, 0.4) is 0 Å². The fourth-order valence-corrected chi connectivity index (χ4v) is 2.40. The van der Waals surface area contributed by atoms with Crippen LogP contribution in [0.5, 0.6) is 0 Å². The third kappa shape index (κ3) is 3.10. The van der Waals surface area contributed by atoms with Gasteiger partial charge in [-0.25, -0.2) is 4.98 Å². The highest BCUT2D eigenvalue weighted by atomic mass is 16.6. The minimum atomic E-state index is -0.457. The van der Waals surface area contributed by atoms with Gasteiger partial charge in [0.2, 0.25) is 0 Å². The Kier molecular flexibility index (Phi) is 3.99. The third-order valence-corrected chi connectivity index (χ3v) is 3.91. The van der Waals surface area contributed by atoms with Crippen LogP contribution in [-0.2, 0) is 6.54 Å². The number of amides is 1. The molecule has 1 amide bonds. The van der Waals surface area contributed by atoms with Crippen molar-refractivity contribution in [2.75, 3.05) is 0 Å². The van der Waals surface area contributed by atoms with Crippen molar-refractivity contribution in [2.24, 2.45) is 0 Å². The third-order valence-electron chi connectivity index (χ3n) is 3.91. The number of H-pyrrole nitrogens is 1. The lowest BCUT2D eigenvalue weighted by molar-refractivity contribution is -0.384. The lowest BCUT2D eigenvalue weighted by Crippen LogP contribution is -2.23. The van der Waals surface area contributed by atoms with E-state index in [1.54, 1.807) is 12.1 Å². The number of nitrogens with zero attached hydrogens (tertiary/aromatic N) is 2. The number of hydrogen-bond acceptors (Lipinski definition) is 4. The highest BCUT2D eigenvalue weighted by Gasteiger charge is 2.11. The topological polar surface area (TPSA) is 101 Å². The second-order valence-electron chi connectivity index (χ2n) is 5.62. The van der Waals surface area contributed by atoms with E-state index in [4.69, 9.17) is 0 Å². The molecule has 7 heteroatoms. The highest BCUT2D eigenvalue weighted by Crippen LogP contribution is 2.19. The van der Waals surface area contributed by atoms with E-state index >= 15 is 0 Å². The van der Waals surface area contributed by atoms with Crippen molar-refractivity contribution >= 4 is 22.6 Å². The van der Waals surface area contributed by atoms with Crippen LogP contribution in [0.2, 0.25) is 0 Å². The predicted molar refractivity (Wildman–Crippen MR) is 89.8 cm³/mol. The summed E-state index contributed by atoms with van der Waals surface area (Å²) in [4.78, 5) is 29.8. The molecule has 0 aliphatic carbocycles. The Morgan fingerprint density at radius 3 is 2.71 bits per heavy atom. The van der Waals surface area contributed by atoms with Gasteiger partial charge >= 0.3 is 0 Å². The van der Waals surface area contributed by atoms with Crippen molar-refractivity contribution in [2.45, 2.75) is 20.4 Å². The van der Waals surface area contributed by atoms with Gasteiger partial charge in [-0.05, 0) is 43.2 Å². The fourth-order valence-electron chi connectivity index (χ4n) is 2.40. The molecule has 3 aromatic rings. The highest BCUT2D eigenvalue weighted by molar-refractivity contribution is 5.94. The van der Waals surface area contributed by atoms with E-state index in [1.165, 1.54) is 12.1 Å². The number of non-ortho nitro benzene ring substituents is 1. The van der Waals surface area contributed by atoms with Crippen LogP contribution in [0, 0.1) is 24.0 Å². The maximum atomic E-state index is 12.2. The van der Waals surface area contributed by atoms with Gasteiger partial charge in [0.15, 0.2) is 0 Å². The summed E-state index contributed by atoms with van der Waals surface area (Å²) in [5.74, 6) is 0.354. The zero-order chi connectivity index (χ0) is 17.3. The number of aryl methyl sites for hydroxylation is 2. The number of rotatable bonds is 4. The van der Waals surface area contributed by atoms with Crippen LogP contribution < -0.4 is 5.32 Å². The number of carbonyl (C=O) groups excluding carboxylic acids is 1. The average Bonchev–Trinajstić information content (AvgIpc) is 2.97. The molecular weight excluding hydrogens is 308 g/mol. The monoisotopic (exact) mass is 324 g/mol. The molecule has 2 aromatic carbocycles. The first kappa shape index (κ1) is 15.7. The molecule has 1 aromatic heterocycles. The molecule has 0 spiro atoms. The van der Waals surface area contributed by atoms with Crippen molar-refractivity contribution in [3.63, 3.8) is 0 Å². The van der Waals surface area contributed by atoms with Gasteiger partial charge in [-0.1, -0.05) is 6.07 Å². The Bertz CT molecular complexity index is 946. The maximum Gasteiger partial charge on any atom is 0.271 e. The molecule has 0 saturated heterocycles. The molecule has 1 heterocycles. The summed E-state index contributed by atoms with van der Waals surface area (Å²) in [5.41, 5.74) is 3.96. The molecule has 7 nitrogen and oxygen atoms in total. The smallest absolute Gasteiger partial charge is 0.271 e. The van der Waals surface area contributed by atoms with E-state index in [-0.39, 0.29) is 18.1 Å². The number of nitro groups is 1. The zero-order valence-corrected chi connectivity index (χ0v) is 13.3. The first-order chi connectivity index (χ1) is 11.4. The van der Waals surface area contributed by atoms with E-state index in [9.17, 15) is 14.9 Å². The maximum absolute atomic E-state index is 12.2. The number of benzene rings is 2. The summed E-state index contributed by atoms with van der Waals surface area (Å²) in [6.45, 7) is 4.16. The number of nitro benzene ring substituents is 1. The summed E-state index contributed by atoms with van der Waals surface area (Å²) in [5, 5.41) is 13.6. The lowest BCUT2D eigenvalue weighted by Gasteiger charge is -2.06. The molecule has 0 saturated carbocycles. The first-order valence-corrected chi connectivity index (χ1v) is 7.42. The number of hydrogen-bond donors (Lipinski definition) is 2. The van der Waals surface area contributed by atoms with E-state index < -0.39 is 4.92 Å². The molecule has 3 rings (SSSR count). The Morgan fingerprint density at radius 1 is 1.21 bits per heavy atom. The minimum Gasteiger partial charge on any atom is -0.345 e. The SMILES string of the molecule is Cc1ccc(C(=O)NCc2nc3ccc([N+](=O)[O-])cc3[nH]2)cc1C. The normalized spacial score (nSPS) is 10.8. The van der Waals surface area contributed by atoms with Crippen LogP contribution >= 0.6 is 0 Å². The van der Waals surface area contributed by atoms with Gasteiger partial charge < -0.3 is 10.3 Å². The molecule has 122 valence electrons. The molecule has 0 radical (unpaired) electrons. The summed E-state index contributed by atoms with van der Waals surface area (Å²) < 4.78 is 0. The summed E-state index contributed by atoms with van der Waals surface area (Å²) in [7, 11) is 0. The van der Waals surface area contributed by atoms with Crippen molar-refractivity contribution in [3.05, 3.63) is 69.0 Å². The number of carbonyl (C=O) groups is 1. The van der Waals surface area contributed by atoms with Gasteiger partial charge in [0, 0.05) is 17.7 Å². The van der Waals surface area contributed by atoms with Crippen LogP contribution in [0.25, 0.3) is 11.0 Å². The zero-order valence-electron chi connectivity index (χ0n) is 13.3. The minimum absolute atomic E-state index is 0.00290. The average molecular weight is 324 g/mol. The molecule has 24 heavy (non-hydrogen) atoms. The lowest BCUT2D eigenvalue weighted by atomic mass is 10.1. The largest absolute Gasteiger partial charge is 0.345 e. The van der Waals surface area contributed by atoms with Crippen LogP contribution in [0.15, 0.2) is 36.4 Å². The molecule has 0 aliphatic heterocycles. The summed E-state index contributed by atoms with van der Waals surface area (Å²) in [6.07, 6.45) is 0. The summed E-state index contributed by atoms with van der Waals surface area (Å²) >= 11 is 0. The quantitative estimate of drug-likeness (QED) is 0.569. The second-order valence-corrected chi connectivity index (χ2v) is 5.62. The van der Waals surface area contributed by atoms with Gasteiger partial charge in [0.05, 0.1) is 22.5 Å². The fraction of sp³-hybridized carbons (Fsp3) is 0.176. The second kappa shape index (κ2) is 6.11. The van der Waals surface area contributed by atoms with Crippen molar-refractivity contribution < 1.29 is 9.72 Å². The van der Waals surface area contributed by atoms with E-state index in [0.717, 1.165) is 11.1 Å². The molecule has 0 aliphatic rings. The number of fused-ring (bicyclic) bond motifs is 1. The van der Waals surface area contributed by atoms with Crippen molar-refractivity contribution in [1.29, 1.82) is 0 Å². The number of aromatic nitrogens is 2. The molecular formula is C17H16N4O3. The standard InChI is InChI=1S/C17H16N4O3/c1-10-3-4-12(7-11(10)2)17(22)18-9-16-19-14-6-5-13(21(23)24)8-15(14)20-16/h3-8H,9H2,1-2H3,(H,18,22)(H,19,20). The van der Waals surface area contributed by atoms with Gasteiger partial charge in [-0.2, -0.15) is 0 Å².